The fraction of sp³-hybridized carbons (Fsp3) is 0.765. The zero-order valence-corrected chi connectivity index (χ0v) is 14.8. The third-order valence-electron chi connectivity index (χ3n) is 5.25. The number of piperidine rings is 1. The van der Waals surface area contributed by atoms with Gasteiger partial charge in [0.2, 0.25) is 5.89 Å². The van der Waals surface area contributed by atoms with Crippen molar-refractivity contribution in [1.82, 2.24) is 29.8 Å². The average molecular weight is 330 g/mol. The summed E-state index contributed by atoms with van der Waals surface area (Å²) < 4.78 is 7.57. The Morgan fingerprint density at radius 1 is 1.21 bits per heavy atom. The maximum Gasteiger partial charge on any atom is 0.243 e. The number of hydrogen-bond donors (Lipinski definition) is 0. The topological polar surface area (TPSA) is 72.9 Å². The average Bonchev–Trinajstić information content (AvgIpc) is 3.22. The first-order valence-electron chi connectivity index (χ1n) is 9.05. The van der Waals surface area contributed by atoms with E-state index in [0.717, 1.165) is 43.0 Å². The molecule has 2 aromatic rings. The molecular weight excluding hydrogens is 304 g/mol. The molecule has 0 amide bonds. The van der Waals surface area contributed by atoms with Crippen molar-refractivity contribution in [2.45, 2.75) is 65.0 Å². The molecule has 7 nitrogen and oxygen atoms in total. The van der Waals surface area contributed by atoms with Crippen LogP contribution in [0.1, 0.15) is 67.9 Å². The summed E-state index contributed by atoms with van der Waals surface area (Å²) in [5, 5.41) is 8.67. The number of aryl methyl sites for hydroxylation is 2. The molecule has 2 fully saturated rings. The van der Waals surface area contributed by atoms with E-state index in [1.165, 1.54) is 25.7 Å². The smallest absolute Gasteiger partial charge is 0.243 e. The third kappa shape index (κ3) is 3.22. The Hall–Kier alpha value is -1.76. The van der Waals surface area contributed by atoms with Crippen LogP contribution in [0, 0.1) is 19.8 Å². The van der Waals surface area contributed by atoms with Gasteiger partial charge in [0, 0.05) is 19.0 Å². The molecule has 1 saturated carbocycles. The van der Waals surface area contributed by atoms with Crippen LogP contribution in [0.25, 0.3) is 0 Å². The van der Waals surface area contributed by atoms with Gasteiger partial charge in [-0.3, -0.25) is 4.90 Å². The molecule has 2 atom stereocenters. The fourth-order valence-corrected chi connectivity index (χ4v) is 3.66. The van der Waals surface area contributed by atoms with E-state index >= 15 is 0 Å². The predicted octanol–water partition coefficient (Wildman–Crippen LogP) is 2.63. The lowest BCUT2D eigenvalue weighted by Crippen LogP contribution is -2.39. The second-order valence-corrected chi connectivity index (χ2v) is 7.33. The summed E-state index contributed by atoms with van der Waals surface area (Å²) in [5.41, 5.74) is 0. The summed E-state index contributed by atoms with van der Waals surface area (Å²) in [6.45, 7) is 9.23. The summed E-state index contributed by atoms with van der Waals surface area (Å²) in [4.78, 5) is 11.5. The monoisotopic (exact) mass is 330 g/mol. The molecule has 1 aliphatic heterocycles. The fourth-order valence-electron chi connectivity index (χ4n) is 3.66. The number of aromatic nitrogens is 5. The minimum atomic E-state index is 0.186. The van der Waals surface area contributed by atoms with Gasteiger partial charge < -0.3 is 4.52 Å². The summed E-state index contributed by atoms with van der Waals surface area (Å²) in [7, 11) is 0. The molecule has 0 radical (unpaired) electrons. The summed E-state index contributed by atoms with van der Waals surface area (Å²) in [5.74, 6) is 4.66. The molecule has 0 spiro atoms. The van der Waals surface area contributed by atoms with Gasteiger partial charge in [-0.15, -0.1) is 0 Å². The summed E-state index contributed by atoms with van der Waals surface area (Å²) in [6, 6.07) is 0.186. The van der Waals surface area contributed by atoms with Gasteiger partial charge in [-0.1, -0.05) is 5.16 Å². The number of hydrogen-bond acceptors (Lipinski definition) is 6. The van der Waals surface area contributed by atoms with E-state index in [9.17, 15) is 0 Å². The van der Waals surface area contributed by atoms with Crippen LogP contribution in [0.2, 0.25) is 0 Å². The second kappa shape index (κ2) is 6.27. The van der Waals surface area contributed by atoms with Gasteiger partial charge in [0.25, 0.3) is 0 Å². The quantitative estimate of drug-likeness (QED) is 0.839. The zero-order chi connectivity index (χ0) is 16.7. The lowest BCUT2D eigenvalue weighted by Gasteiger charge is -2.35. The minimum absolute atomic E-state index is 0.186. The first-order chi connectivity index (χ1) is 11.6. The normalized spacial score (nSPS) is 23.5. The van der Waals surface area contributed by atoms with Gasteiger partial charge in [0.05, 0.1) is 6.04 Å². The summed E-state index contributed by atoms with van der Waals surface area (Å²) >= 11 is 0. The molecule has 3 heterocycles. The van der Waals surface area contributed by atoms with Crippen molar-refractivity contribution < 1.29 is 4.52 Å². The lowest BCUT2D eigenvalue weighted by molar-refractivity contribution is 0.102. The number of nitrogens with zero attached hydrogens (tertiary/aromatic N) is 6. The third-order valence-corrected chi connectivity index (χ3v) is 5.25. The number of rotatable bonds is 5. The molecule has 2 aliphatic rings. The van der Waals surface area contributed by atoms with Gasteiger partial charge in [0.15, 0.2) is 5.82 Å². The van der Waals surface area contributed by atoms with E-state index in [1.807, 2.05) is 18.5 Å². The second-order valence-electron chi connectivity index (χ2n) is 7.33. The molecule has 2 aromatic heterocycles. The molecular formula is C17H26N6O. The highest BCUT2D eigenvalue weighted by Gasteiger charge is 2.32. The lowest BCUT2D eigenvalue weighted by atomic mass is 9.97. The van der Waals surface area contributed by atoms with Crippen LogP contribution in [0.4, 0.5) is 0 Å². The first kappa shape index (κ1) is 15.7. The van der Waals surface area contributed by atoms with E-state index in [1.54, 1.807) is 0 Å². The summed E-state index contributed by atoms with van der Waals surface area (Å²) in [6.07, 6.45) is 4.84. The highest BCUT2D eigenvalue weighted by molar-refractivity contribution is 5.05. The van der Waals surface area contributed by atoms with Crippen molar-refractivity contribution in [3.63, 3.8) is 0 Å². The van der Waals surface area contributed by atoms with Crippen LogP contribution in [0.5, 0.6) is 0 Å². The largest absolute Gasteiger partial charge is 0.338 e. The van der Waals surface area contributed by atoms with Crippen LogP contribution < -0.4 is 0 Å². The van der Waals surface area contributed by atoms with Crippen molar-refractivity contribution >= 4 is 0 Å². The predicted molar refractivity (Wildman–Crippen MR) is 88.5 cm³/mol. The molecule has 0 aromatic carbocycles. The Kier molecular flexibility index (Phi) is 4.12. The van der Waals surface area contributed by atoms with Gasteiger partial charge in [0.1, 0.15) is 11.6 Å². The molecule has 0 bridgehead atoms. The van der Waals surface area contributed by atoms with Crippen molar-refractivity contribution in [2.75, 3.05) is 13.1 Å². The first-order valence-corrected chi connectivity index (χ1v) is 9.05. The van der Waals surface area contributed by atoms with Crippen LogP contribution in [-0.2, 0) is 6.54 Å². The van der Waals surface area contributed by atoms with Crippen LogP contribution in [0.15, 0.2) is 4.52 Å². The van der Waals surface area contributed by atoms with Gasteiger partial charge in [-0.25, -0.2) is 9.67 Å². The van der Waals surface area contributed by atoms with Crippen LogP contribution in [-0.4, -0.2) is 42.9 Å². The molecule has 1 aliphatic carbocycles. The Morgan fingerprint density at radius 2 is 2.04 bits per heavy atom. The Balaban J connectivity index is 1.40. The SMILES string of the molecule is Cc1nc(C)n(C[C@H]2CCCN([C@@H](C)c3nc(C4CC4)no3)C2)n1. The van der Waals surface area contributed by atoms with Crippen LogP contribution in [0.3, 0.4) is 0 Å². The van der Waals surface area contributed by atoms with Crippen molar-refractivity contribution in [3.8, 4) is 0 Å². The van der Waals surface area contributed by atoms with Gasteiger partial charge in [-0.05, 0) is 58.9 Å². The number of likely N-dealkylation sites (tertiary alicyclic amines) is 1. The molecule has 4 rings (SSSR count). The van der Waals surface area contributed by atoms with E-state index in [4.69, 9.17) is 4.52 Å². The maximum absolute atomic E-state index is 5.53. The highest BCUT2D eigenvalue weighted by atomic mass is 16.5. The highest BCUT2D eigenvalue weighted by Crippen LogP contribution is 2.39. The molecule has 24 heavy (non-hydrogen) atoms. The van der Waals surface area contributed by atoms with Crippen molar-refractivity contribution in [3.05, 3.63) is 23.4 Å². The van der Waals surface area contributed by atoms with Gasteiger partial charge in [-0.2, -0.15) is 10.1 Å². The maximum atomic E-state index is 5.53. The van der Waals surface area contributed by atoms with Crippen molar-refractivity contribution in [1.29, 1.82) is 0 Å². The molecule has 7 heteroatoms. The zero-order valence-electron chi connectivity index (χ0n) is 14.8. The van der Waals surface area contributed by atoms with E-state index < -0.39 is 0 Å². The van der Waals surface area contributed by atoms with Gasteiger partial charge >= 0.3 is 0 Å². The molecule has 0 N–H and O–H groups in total. The Labute approximate surface area is 142 Å². The van der Waals surface area contributed by atoms with E-state index in [2.05, 4.69) is 32.0 Å². The molecule has 0 unspecified atom stereocenters. The van der Waals surface area contributed by atoms with Crippen molar-refractivity contribution in [2.24, 2.45) is 5.92 Å². The van der Waals surface area contributed by atoms with Crippen LogP contribution >= 0.6 is 0 Å². The minimum Gasteiger partial charge on any atom is -0.338 e. The molecule has 1 saturated heterocycles. The Morgan fingerprint density at radius 3 is 2.75 bits per heavy atom. The standard InChI is InChI=1S/C17H26N6O/c1-11(17-19-16(21-24-17)15-6-7-15)22-8-4-5-14(9-22)10-23-13(3)18-12(2)20-23/h11,14-15H,4-10H2,1-3H3/t11-,14-/m0/s1. The van der Waals surface area contributed by atoms with E-state index in [0.29, 0.717) is 11.8 Å². The van der Waals surface area contributed by atoms with E-state index in [-0.39, 0.29) is 6.04 Å². The Bertz CT molecular complexity index is 704. The molecule has 130 valence electrons.